The molecule has 0 radical (unpaired) electrons. The van der Waals surface area contributed by atoms with E-state index in [0.29, 0.717) is 30.7 Å². The highest BCUT2D eigenvalue weighted by atomic mass is 32.2. The minimum Gasteiger partial charge on any atom is -0.497 e. The molecular formula is C18H22N6O3S. The Labute approximate surface area is 167 Å². The molecule has 148 valence electrons. The summed E-state index contributed by atoms with van der Waals surface area (Å²) in [5, 5.41) is 13.6. The van der Waals surface area contributed by atoms with Crippen molar-refractivity contribution in [2.24, 2.45) is 0 Å². The molecule has 10 heteroatoms. The zero-order valence-corrected chi connectivity index (χ0v) is 16.7. The number of hydrogen-bond acceptors (Lipinski definition) is 9. The van der Waals surface area contributed by atoms with E-state index in [4.69, 9.17) is 14.0 Å². The first-order valence-corrected chi connectivity index (χ1v) is 10.1. The molecule has 0 unspecified atom stereocenters. The molecule has 0 saturated carbocycles. The second-order valence-electron chi connectivity index (χ2n) is 6.16. The van der Waals surface area contributed by atoms with Crippen LogP contribution in [0.3, 0.4) is 0 Å². The Hall–Kier alpha value is -2.59. The van der Waals surface area contributed by atoms with E-state index >= 15 is 0 Å². The number of anilines is 1. The van der Waals surface area contributed by atoms with Gasteiger partial charge in [0, 0.05) is 25.2 Å². The summed E-state index contributed by atoms with van der Waals surface area (Å²) >= 11 is 1.54. The summed E-state index contributed by atoms with van der Waals surface area (Å²) in [7, 11) is 1.63. The molecule has 0 bridgehead atoms. The summed E-state index contributed by atoms with van der Waals surface area (Å²) in [5.41, 5.74) is 0.852. The molecule has 0 amide bonds. The van der Waals surface area contributed by atoms with Gasteiger partial charge in [0.15, 0.2) is 5.16 Å². The molecular weight excluding hydrogens is 380 g/mol. The van der Waals surface area contributed by atoms with Crippen LogP contribution in [0.15, 0.2) is 33.9 Å². The smallest absolute Gasteiger partial charge is 0.237 e. The molecule has 1 aliphatic rings. The molecule has 1 aromatic carbocycles. The van der Waals surface area contributed by atoms with Crippen molar-refractivity contribution < 1.29 is 14.0 Å². The van der Waals surface area contributed by atoms with Crippen LogP contribution >= 0.6 is 11.8 Å². The zero-order valence-electron chi connectivity index (χ0n) is 15.9. The number of ether oxygens (including phenoxy) is 2. The largest absolute Gasteiger partial charge is 0.497 e. The van der Waals surface area contributed by atoms with E-state index in [1.54, 1.807) is 7.11 Å². The van der Waals surface area contributed by atoms with Crippen LogP contribution < -0.4 is 9.64 Å². The normalized spacial score (nSPS) is 14.4. The fraction of sp³-hybridized carbons (Fsp3) is 0.444. The molecule has 4 rings (SSSR count). The van der Waals surface area contributed by atoms with Gasteiger partial charge in [0.05, 0.1) is 26.1 Å². The molecule has 2 aromatic heterocycles. The highest BCUT2D eigenvalue weighted by Crippen LogP contribution is 2.27. The highest BCUT2D eigenvalue weighted by molar-refractivity contribution is 7.98. The number of morpholine rings is 1. The lowest BCUT2D eigenvalue weighted by Crippen LogP contribution is -2.38. The van der Waals surface area contributed by atoms with E-state index in [0.717, 1.165) is 42.1 Å². The highest BCUT2D eigenvalue weighted by Gasteiger charge is 2.20. The van der Waals surface area contributed by atoms with Crippen LogP contribution in [0.25, 0.3) is 11.4 Å². The number of aromatic nitrogens is 5. The van der Waals surface area contributed by atoms with E-state index < -0.39 is 0 Å². The molecule has 1 fully saturated rings. The van der Waals surface area contributed by atoms with Crippen LogP contribution in [0.5, 0.6) is 5.75 Å². The topological polar surface area (TPSA) is 91.3 Å². The monoisotopic (exact) mass is 402 g/mol. The van der Waals surface area contributed by atoms with E-state index in [1.165, 1.54) is 11.8 Å². The number of rotatable bonds is 7. The van der Waals surface area contributed by atoms with E-state index in [2.05, 4.69) is 36.7 Å². The van der Waals surface area contributed by atoms with Gasteiger partial charge in [-0.05, 0) is 19.1 Å². The lowest BCUT2D eigenvalue weighted by atomic mass is 10.2. The lowest BCUT2D eigenvalue weighted by molar-refractivity contribution is 0.121. The van der Waals surface area contributed by atoms with Crippen LogP contribution in [0.2, 0.25) is 0 Å². The molecule has 1 aliphatic heterocycles. The predicted octanol–water partition coefficient (Wildman–Crippen LogP) is 2.49. The van der Waals surface area contributed by atoms with Gasteiger partial charge in [-0.3, -0.25) is 4.57 Å². The van der Waals surface area contributed by atoms with Gasteiger partial charge < -0.3 is 18.9 Å². The molecule has 9 nitrogen and oxygen atoms in total. The maximum atomic E-state index is 5.42. The molecule has 1 saturated heterocycles. The van der Waals surface area contributed by atoms with Gasteiger partial charge in [0.1, 0.15) is 5.75 Å². The van der Waals surface area contributed by atoms with Crippen molar-refractivity contribution in [3.63, 3.8) is 0 Å². The van der Waals surface area contributed by atoms with Crippen LogP contribution in [-0.4, -0.2) is 58.3 Å². The SMILES string of the molecule is CCn1c(SCc2nc(-c3cccc(OC)c3)no2)nnc1N1CCOCC1. The standard InChI is InChI=1S/C18H22N6O3S/c1-3-24-17(23-7-9-26-10-8-23)20-21-18(24)28-12-15-19-16(22-27-15)13-5-4-6-14(11-13)25-2/h4-6,11H,3,7-10,12H2,1-2H3. The van der Waals surface area contributed by atoms with Crippen LogP contribution in [-0.2, 0) is 17.0 Å². The Morgan fingerprint density at radius 3 is 2.86 bits per heavy atom. The van der Waals surface area contributed by atoms with Crippen molar-refractivity contribution in [2.75, 3.05) is 38.3 Å². The molecule has 3 heterocycles. The van der Waals surface area contributed by atoms with Crippen molar-refractivity contribution in [2.45, 2.75) is 24.4 Å². The Balaban J connectivity index is 1.45. The number of hydrogen-bond donors (Lipinski definition) is 0. The van der Waals surface area contributed by atoms with Crippen LogP contribution in [0, 0.1) is 0 Å². The average molecular weight is 402 g/mol. The summed E-state index contributed by atoms with van der Waals surface area (Å²) in [4.78, 5) is 6.69. The summed E-state index contributed by atoms with van der Waals surface area (Å²) in [6.45, 7) is 5.97. The first-order chi connectivity index (χ1) is 13.8. The van der Waals surface area contributed by atoms with Gasteiger partial charge >= 0.3 is 0 Å². The van der Waals surface area contributed by atoms with Crippen molar-refractivity contribution in [3.05, 3.63) is 30.2 Å². The molecule has 3 aromatic rings. The quantitative estimate of drug-likeness (QED) is 0.553. The number of benzene rings is 1. The van der Waals surface area contributed by atoms with Gasteiger partial charge in [-0.25, -0.2) is 0 Å². The lowest BCUT2D eigenvalue weighted by Gasteiger charge is -2.27. The van der Waals surface area contributed by atoms with Crippen LogP contribution in [0.4, 0.5) is 5.95 Å². The maximum absolute atomic E-state index is 5.42. The van der Waals surface area contributed by atoms with E-state index in [-0.39, 0.29) is 0 Å². The minimum absolute atomic E-state index is 0.526. The summed E-state index contributed by atoms with van der Waals surface area (Å²) in [5.74, 6) is 3.25. The number of thioether (sulfide) groups is 1. The Bertz CT molecular complexity index is 922. The second kappa shape index (κ2) is 8.61. The van der Waals surface area contributed by atoms with Crippen molar-refractivity contribution in [3.8, 4) is 17.1 Å². The molecule has 0 atom stereocenters. The maximum Gasteiger partial charge on any atom is 0.237 e. The predicted molar refractivity (Wildman–Crippen MR) is 105 cm³/mol. The third kappa shape index (κ3) is 3.97. The van der Waals surface area contributed by atoms with E-state index in [9.17, 15) is 0 Å². The number of nitrogens with zero attached hydrogens (tertiary/aromatic N) is 6. The van der Waals surface area contributed by atoms with Crippen molar-refractivity contribution in [1.82, 2.24) is 24.9 Å². The third-order valence-electron chi connectivity index (χ3n) is 4.43. The van der Waals surface area contributed by atoms with Gasteiger partial charge in [-0.15, -0.1) is 10.2 Å². The first kappa shape index (κ1) is 18.8. The zero-order chi connectivity index (χ0) is 19.3. The molecule has 0 N–H and O–H groups in total. The summed E-state index contributed by atoms with van der Waals surface area (Å²) < 4.78 is 18.2. The average Bonchev–Trinajstić information content (AvgIpc) is 3.39. The molecule has 0 spiro atoms. The fourth-order valence-corrected chi connectivity index (χ4v) is 3.82. The van der Waals surface area contributed by atoms with Crippen molar-refractivity contribution in [1.29, 1.82) is 0 Å². The second-order valence-corrected chi connectivity index (χ2v) is 7.10. The van der Waals surface area contributed by atoms with Gasteiger partial charge in [-0.1, -0.05) is 29.1 Å². The Morgan fingerprint density at radius 2 is 2.07 bits per heavy atom. The molecule has 28 heavy (non-hydrogen) atoms. The van der Waals surface area contributed by atoms with Crippen molar-refractivity contribution >= 4 is 17.7 Å². The minimum atomic E-state index is 0.526. The van der Waals surface area contributed by atoms with Gasteiger partial charge in [0.2, 0.25) is 17.7 Å². The summed E-state index contributed by atoms with van der Waals surface area (Å²) in [6.07, 6.45) is 0. The Kier molecular flexibility index (Phi) is 5.77. The Morgan fingerprint density at radius 1 is 1.21 bits per heavy atom. The van der Waals surface area contributed by atoms with Gasteiger partial charge in [-0.2, -0.15) is 4.98 Å². The van der Waals surface area contributed by atoms with Crippen LogP contribution in [0.1, 0.15) is 12.8 Å². The molecule has 0 aliphatic carbocycles. The number of methoxy groups -OCH3 is 1. The first-order valence-electron chi connectivity index (χ1n) is 9.14. The fourth-order valence-electron chi connectivity index (χ4n) is 2.98. The summed E-state index contributed by atoms with van der Waals surface area (Å²) in [6, 6.07) is 7.58. The third-order valence-corrected chi connectivity index (χ3v) is 5.38. The van der Waals surface area contributed by atoms with Gasteiger partial charge in [0.25, 0.3) is 0 Å². The van der Waals surface area contributed by atoms with E-state index in [1.807, 2.05) is 24.3 Å².